The van der Waals surface area contributed by atoms with Gasteiger partial charge in [-0.25, -0.2) is 8.78 Å². The minimum Gasteiger partial charge on any atom is -0.340 e. The van der Waals surface area contributed by atoms with Crippen molar-refractivity contribution in [2.75, 3.05) is 6.54 Å². The molecule has 1 saturated heterocycles. The Balaban J connectivity index is 2.30. The Bertz CT molecular complexity index is 379. The van der Waals surface area contributed by atoms with Gasteiger partial charge in [-0.05, 0) is 18.8 Å². The zero-order chi connectivity index (χ0) is 14.2. The van der Waals surface area contributed by atoms with Crippen LogP contribution in [0.5, 0.6) is 0 Å². The van der Waals surface area contributed by atoms with Crippen LogP contribution in [0.1, 0.15) is 39.5 Å². The van der Waals surface area contributed by atoms with Gasteiger partial charge in [-0.3, -0.25) is 9.59 Å². The molecule has 0 radical (unpaired) electrons. The molecule has 1 atom stereocenters. The lowest BCUT2D eigenvalue weighted by atomic mass is 9.87. The molecule has 6 heteroatoms. The highest BCUT2D eigenvalue weighted by molar-refractivity contribution is 6.00. The van der Waals surface area contributed by atoms with Crippen LogP contribution in [-0.2, 0) is 9.59 Å². The van der Waals surface area contributed by atoms with Gasteiger partial charge in [-0.1, -0.05) is 26.7 Å². The van der Waals surface area contributed by atoms with Crippen molar-refractivity contribution in [1.82, 2.24) is 10.2 Å². The van der Waals surface area contributed by atoms with Crippen LogP contribution in [0, 0.1) is 5.92 Å². The predicted octanol–water partition coefficient (Wildman–Crippen LogP) is 1.55. The van der Waals surface area contributed by atoms with Crippen molar-refractivity contribution in [1.29, 1.82) is 0 Å². The maximum absolute atomic E-state index is 12.7. The van der Waals surface area contributed by atoms with E-state index in [1.54, 1.807) is 13.8 Å². The first-order valence-electron chi connectivity index (χ1n) is 6.78. The molecule has 0 aromatic carbocycles. The van der Waals surface area contributed by atoms with Crippen LogP contribution in [-0.4, -0.2) is 41.3 Å². The number of piperazine rings is 1. The lowest BCUT2D eigenvalue weighted by molar-refractivity contribution is -0.158. The van der Waals surface area contributed by atoms with Crippen molar-refractivity contribution >= 4 is 11.8 Å². The smallest absolute Gasteiger partial charge is 0.255 e. The van der Waals surface area contributed by atoms with Crippen LogP contribution >= 0.6 is 0 Å². The summed E-state index contributed by atoms with van der Waals surface area (Å²) in [5.41, 5.74) is -0.919. The Labute approximate surface area is 111 Å². The molecule has 2 aliphatic rings. The molecule has 0 aromatic heterocycles. The number of amides is 2. The minimum atomic E-state index is -2.62. The molecule has 0 bridgehead atoms. The van der Waals surface area contributed by atoms with Crippen molar-refractivity contribution < 1.29 is 18.4 Å². The van der Waals surface area contributed by atoms with Crippen LogP contribution in [0.25, 0.3) is 0 Å². The molecule has 108 valence electrons. The Morgan fingerprint density at radius 1 is 1.32 bits per heavy atom. The fourth-order valence-corrected chi connectivity index (χ4v) is 3.23. The Morgan fingerprint density at radius 2 is 1.89 bits per heavy atom. The van der Waals surface area contributed by atoms with Gasteiger partial charge in [0.1, 0.15) is 11.6 Å². The molecule has 1 spiro atoms. The highest BCUT2D eigenvalue weighted by atomic mass is 19.3. The molecule has 1 unspecified atom stereocenters. The topological polar surface area (TPSA) is 49.4 Å². The molecule has 1 heterocycles. The van der Waals surface area contributed by atoms with Crippen LogP contribution < -0.4 is 5.32 Å². The van der Waals surface area contributed by atoms with Crippen LogP contribution in [0.15, 0.2) is 0 Å². The number of nitrogens with one attached hydrogen (secondary N) is 1. The van der Waals surface area contributed by atoms with Gasteiger partial charge in [0, 0.05) is 0 Å². The largest absolute Gasteiger partial charge is 0.340 e. The number of carbonyl (C=O) groups is 2. The van der Waals surface area contributed by atoms with Crippen molar-refractivity contribution in [2.24, 2.45) is 5.92 Å². The Kier molecular flexibility index (Phi) is 3.78. The van der Waals surface area contributed by atoms with Crippen molar-refractivity contribution in [3.8, 4) is 0 Å². The fraction of sp³-hybridized carbons (Fsp3) is 0.846. The summed E-state index contributed by atoms with van der Waals surface area (Å²) in [5, 5.41) is 2.80. The molecule has 2 rings (SSSR count). The number of alkyl halides is 2. The number of hydrogen-bond donors (Lipinski definition) is 1. The summed E-state index contributed by atoms with van der Waals surface area (Å²) in [6.45, 7) is 2.88. The van der Waals surface area contributed by atoms with E-state index >= 15 is 0 Å². The summed E-state index contributed by atoms with van der Waals surface area (Å²) in [5.74, 6) is -0.804. The minimum absolute atomic E-state index is 0.179. The average Bonchev–Trinajstić information content (AvgIpc) is 2.74. The van der Waals surface area contributed by atoms with Gasteiger partial charge in [0.15, 0.2) is 0 Å². The van der Waals surface area contributed by atoms with Crippen LogP contribution in [0.2, 0.25) is 0 Å². The zero-order valence-electron chi connectivity index (χ0n) is 11.3. The number of nitrogens with zero attached hydrogens (tertiary/aromatic N) is 1. The quantitative estimate of drug-likeness (QED) is 0.849. The van der Waals surface area contributed by atoms with Gasteiger partial charge < -0.3 is 10.2 Å². The number of hydrogen-bond acceptors (Lipinski definition) is 2. The monoisotopic (exact) mass is 274 g/mol. The number of carbonyl (C=O) groups excluding carboxylic acids is 2. The van der Waals surface area contributed by atoms with E-state index in [4.69, 9.17) is 0 Å². The molecular formula is C13H20F2N2O2. The third kappa shape index (κ3) is 2.44. The second-order valence-corrected chi connectivity index (χ2v) is 5.82. The number of rotatable bonds is 3. The maximum atomic E-state index is 12.7. The molecular weight excluding hydrogens is 254 g/mol. The summed E-state index contributed by atoms with van der Waals surface area (Å²) in [6, 6.07) is -0.785. The van der Waals surface area contributed by atoms with Crippen LogP contribution in [0.3, 0.4) is 0 Å². The molecule has 19 heavy (non-hydrogen) atoms. The first kappa shape index (κ1) is 14.2. The van der Waals surface area contributed by atoms with E-state index in [9.17, 15) is 18.4 Å². The summed E-state index contributed by atoms with van der Waals surface area (Å²) >= 11 is 0. The third-order valence-electron chi connectivity index (χ3n) is 4.06. The molecule has 1 aliphatic heterocycles. The summed E-state index contributed by atoms with van der Waals surface area (Å²) in [4.78, 5) is 25.8. The highest BCUT2D eigenvalue weighted by Gasteiger charge is 2.52. The first-order valence-corrected chi connectivity index (χ1v) is 6.78. The van der Waals surface area contributed by atoms with Crippen LogP contribution in [0.4, 0.5) is 8.78 Å². The van der Waals surface area contributed by atoms with Gasteiger partial charge in [-0.15, -0.1) is 0 Å². The lowest BCUT2D eigenvalue weighted by Gasteiger charge is -2.45. The van der Waals surface area contributed by atoms with E-state index in [1.807, 2.05) is 0 Å². The normalized spacial score (nSPS) is 26.6. The van der Waals surface area contributed by atoms with E-state index in [0.29, 0.717) is 12.8 Å². The Morgan fingerprint density at radius 3 is 2.37 bits per heavy atom. The molecule has 4 nitrogen and oxygen atoms in total. The van der Waals surface area contributed by atoms with Gasteiger partial charge in [0.25, 0.3) is 6.43 Å². The molecule has 2 amide bonds. The second kappa shape index (κ2) is 5.06. The second-order valence-electron chi connectivity index (χ2n) is 5.82. The van der Waals surface area contributed by atoms with E-state index in [1.165, 1.54) is 0 Å². The van der Waals surface area contributed by atoms with Gasteiger partial charge in [-0.2, -0.15) is 0 Å². The molecule has 2 fully saturated rings. The van der Waals surface area contributed by atoms with Gasteiger partial charge in [0.2, 0.25) is 11.8 Å². The van der Waals surface area contributed by atoms with Crippen molar-refractivity contribution in [3.63, 3.8) is 0 Å². The van der Waals surface area contributed by atoms with Gasteiger partial charge in [0.05, 0.1) is 6.54 Å². The van der Waals surface area contributed by atoms with E-state index in [0.717, 1.165) is 17.7 Å². The first-order chi connectivity index (χ1) is 8.87. The summed E-state index contributed by atoms with van der Waals surface area (Å²) < 4.78 is 25.4. The number of halogens is 2. The Hall–Kier alpha value is -1.20. The predicted molar refractivity (Wildman–Crippen MR) is 65.7 cm³/mol. The van der Waals surface area contributed by atoms with Gasteiger partial charge >= 0.3 is 0 Å². The molecule has 1 N–H and O–H groups in total. The van der Waals surface area contributed by atoms with Crippen molar-refractivity contribution in [3.05, 3.63) is 0 Å². The van der Waals surface area contributed by atoms with Crippen molar-refractivity contribution in [2.45, 2.75) is 57.5 Å². The zero-order valence-corrected chi connectivity index (χ0v) is 11.3. The summed E-state index contributed by atoms with van der Waals surface area (Å²) in [7, 11) is 0. The summed E-state index contributed by atoms with van der Waals surface area (Å²) in [6.07, 6.45) is 0.195. The molecule has 1 saturated carbocycles. The van der Waals surface area contributed by atoms with E-state index in [-0.39, 0.29) is 17.7 Å². The van der Waals surface area contributed by atoms with E-state index < -0.39 is 24.6 Å². The molecule has 0 aromatic rings. The average molecular weight is 274 g/mol. The van der Waals surface area contributed by atoms with E-state index in [2.05, 4.69) is 5.32 Å². The highest BCUT2D eigenvalue weighted by Crippen LogP contribution is 2.36. The SMILES string of the molecule is CC(C)C1C(=O)NC2(CCCC2)C(=O)N1CC(F)F. The fourth-order valence-electron chi connectivity index (χ4n) is 3.23. The maximum Gasteiger partial charge on any atom is 0.255 e. The molecule has 1 aliphatic carbocycles. The third-order valence-corrected chi connectivity index (χ3v) is 4.06. The lowest BCUT2D eigenvalue weighted by Crippen LogP contribution is -2.71. The standard InChI is InChI=1S/C13H20F2N2O2/c1-8(2)10-11(18)16-13(5-3-4-6-13)12(19)17(10)7-9(14)15/h8-10H,3-7H2,1-2H3,(H,16,18).